The van der Waals surface area contributed by atoms with Gasteiger partial charge in [0.2, 0.25) is 0 Å². The number of nitrogens with one attached hydrogen (secondary N) is 2. The molecule has 0 fully saturated rings. The number of para-hydroxylation sites is 1. The Balaban J connectivity index is 1.82. The van der Waals surface area contributed by atoms with E-state index in [1.165, 1.54) is 0 Å². The van der Waals surface area contributed by atoms with E-state index in [1.807, 2.05) is 54.6 Å². The number of rotatable bonds is 7. The van der Waals surface area contributed by atoms with Gasteiger partial charge in [-0.1, -0.05) is 30.3 Å². The highest BCUT2D eigenvalue weighted by molar-refractivity contribution is 5.41. The predicted octanol–water partition coefficient (Wildman–Crippen LogP) is 2.17. The van der Waals surface area contributed by atoms with E-state index in [0.29, 0.717) is 13.2 Å². The minimum atomic E-state index is 0.0258. The number of ether oxygens (including phenoxy) is 1. The normalized spacial score (nSPS) is 10.2. The molecular formula is C15H18N2O2. The SMILES string of the molecule is OCCOc1cccc(CNNc2ccccc2)c1. The molecule has 3 N–H and O–H groups in total. The highest BCUT2D eigenvalue weighted by Gasteiger charge is 1.97. The Bertz CT molecular complexity index is 489. The second-order valence-corrected chi connectivity index (χ2v) is 4.06. The maximum absolute atomic E-state index is 8.72. The van der Waals surface area contributed by atoms with E-state index >= 15 is 0 Å². The van der Waals surface area contributed by atoms with Gasteiger partial charge >= 0.3 is 0 Å². The van der Waals surface area contributed by atoms with Gasteiger partial charge < -0.3 is 15.3 Å². The van der Waals surface area contributed by atoms with E-state index < -0.39 is 0 Å². The van der Waals surface area contributed by atoms with E-state index in [2.05, 4.69) is 10.9 Å². The number of aliphatic hydroxyl groups excluding tert-OH is 1. The fourth-order valence-corrected chi connectivity index (χ4v) is 1.68. The third-order valence-electron chi connectivity index (χ3n) is 2.56. The molecular weight excluding hydrogens is 240 g/mol. The van der Waals surface area contributed by atoms with Crippen LogP contribution in [0.25, 0.3) is 0 Å². The molecule has 0 aliphatic carbocycles. The zero-order chi connectivity index (χ0) is 13.3. The smallest absolute Gasteiger partial charge is 0.119 e. The maximum atomic E-state index is 8.72. The molecule has 0 amide bonds. The van der Waals surface area contributed by atoms with Crippen LogP contribution in [-0.2, 0) is 6.54 Å². The second kappa shape index (κ2) is 7.41. The van der Waals surface area contributed by atoms with E-state index in [9.17, 15) is 0 Å². The third-order valence-corrected chi connectivity index (χ3v) is 2.56. The van der Waals surface area contributed by atoms with Crippen LogP contribution in [-0.4, -0.2) is 18.3 Å². The lowest BCUT2D eigenvalue weighted by Crippen LogP contribution is -2.20. The Hall–Kier alpha value is -2.04. The van der Waals surface area contributed by atoms with Gasteiger partial charge in [0.1, 0.15) is 12.4 Å². The van der Waals surface area contributed by atoms with Crippen molar-refractivity contribution in [2.24, 2.45) is 0 Å². The van der Waals surface area contributed by atoms with Gasteiger partial charge in [0.15, 0.2) is 0 Å². The van der Waals surface area contributed by atoms with Gasteiger partial charge in [-0.2, -0.15) is 0 Å². The highest BCUT2D eigenvalue weighted by atomic mass is 16.5. The van der Waals surface area contributed by atoms with Crippen LogP contribution >= 0.6 is 0 Å². The molecule has 0 saturated heterocycles. The summed E-state index contributed by atoms with van der Waals surface area (Å²) in [7, 11) is 0. The minimum Gasteiger partial charge on any atom is -0.491 e. The molecule has 4 heteroatoms. The van der Waals surface area contributed by atoms with Crippen LogP contribution in [0.3, 0.4) is 0 Å². The summed E-state index contributed by atoms with van der Waals surface area (Å²) in [5, 5.41) is 8.72. The Kier molecular flexibility index (Phi) is 5.22. The lowest BCUT2D eigenvalue weighted by atomic mass is 10.2. The summed E-state index contributed by atoms with van der Waals surface area (Å²) in [4.78, 5) is 0. The average Bonchev–Trinajstić information content (AvgIpc) is 2.47. The summed E-state index contributed by atoms with van der Waals surface area (Å²) >= 11 is 0. The van der Waals surface area contributed by atoms with Crippen LogP contribution in [0.1, 0.15) is 5.56 Å². The van der Waals surface area contributed by atoms with Crippen molar-refractivity contribution in [2.45, 2.75) is 6.54 Å². The highest BCUT2D eigenvalue weighted by Crippen LogP contribution is 2.13. The largest absolute Gasteiger partial charge is 0.491 e. The number of hydrogen-bond acceptors (Lipinski definition) is 4. The first-order valence-corrected chi connectivity index (χ1v) is 6.25. The Labute approximate surface area is 113 Å². The summed E-state index contributed by atoms with van der Waals surface area (Å²) in [5.74, 6) is 0.771. The van der Waals surface area contributed by atoms with Crippen molar-refractivity contribution in [3.05, 3.63) is 60.2 Å². The first kappa shape index (κ1) is 13.4. The summed E-state index contributed by atoms with van der Waals surface area (Å²) in [6.45, 7) is 1.03. The Morgan fingerprint density at radius 1 is 1.00 bits per heavy atom. The monoisotopic (exact) mass is 258 g/mol. The fourth-order valence-electron chi connectivity index (χ4n) is 1.68. The van der Waals surface area contributed by atoms with Crippen molar-refractivity contribution >= 4 is 5.69 Å². The number of aliphatic hydroxyl groups is 1. The average molecular weight is 258 g/mol. The molecule has 0 aliphatic heterocycles. The molecule has 0 radical (unpaired) electrons. The molecule has 0 heterocycles. The zero-order valence-corrected chi connectivity index (χ0v) is 10.7. The van der Waals surface area contributed by atoms with Crippen LogP contribution in [0, 0.1) is 0 Å². The van der Waals surface area contributed by atoms with Crippen LogP contribution in [0.4, 0.5) is 5.69 Å². The van der Waals surface area contributed by atoms with Crippen molar-refractivity contribution in [1.82, 2.24) is 5.43 Å². The number of anilines is 1. The van der Waals surface area contributed by atoms with Crippen LogP contribution in [0.5, 0.6) is 5.75 Å². The van der Waals surface area contributed by atoms with Crippen LogP contribution < -0.4 is 15.6 Å². The number of hydrogen-bond donors (Lipinski definition) is 3. The molecule has 4 nitrogen and oxygen atoms in total. The molecule has 0 aromatic heterocycles. The van der Waals surface area contributed by atoms with Gasteiger partial charge in [-0.25, -0.2) is 5.43 Å². The van der Waals surface area contributed by atoms with Gasteiger partial charge in [-0.05, 0) is 29.8 Å². The number of benzene rings is 2. The third kappa shape index (κ3) is 4.62. The van der Waals surface area contributed by atoms with E-state index in [1.54, 1.807) is 0 Å². The van der Waals surface area contributed by atoms with Gasteiger partial charge in [0, 0.05) is 12.2 Å². The summed E-state index contributed by atoms with van der Waals surface area (Å²) in [6.07, 6.45) is 0. The first-order chi connectivity index (χ1) is 9.38. The van der Waals surface area contributed by atoms with Crippen molar-refractivity contribution in [3.63, 3.8) is 0 Å². The molecule has 0 atom stereocenters. The summed E-state index contributed by atoms with van der Waals surface area (Å²) in [6, 6.07) is 17.7. The Morgan fingerprint density at radius 2 is 1.84 bits per heavy atom. The number of hydrazine groups is 1. The molecule has 19 heavy (non-hydrogen) atoms. The molecule has 2 rings (SSSR count). The molecule has 100 valence electrons. The summed E-state index contributed by atoms with van der Waals surface area (Å²) in [5.41, 5.74) is 8.40. The van der Waals surface area contributed by atoms with Gasteiger partial charge in [0.05, 0.1) is 6.61 Å². The van der Waals surface area contributed by atoms with E-state index in [4.69, 9.17) is 9.84 Å². The molecule has 0 aliphatic rings. The van der Waals surface area contributed by atoms with Crippen molar-refractivity contribution in [3.8, 4) is 5.75 Å². The predicted molar refractivity (Wildman–Crippen MR) is 75.9 cm³/mol. The van der Waals surface area contributed by atoms with E-state index in [0.717, 1.165) is 17.0 Å². The van der Waals surface area contributed by atoms with Gasteiger partial charge in [-0.15, -0.1) is 0 Å². The maximum Gasteiger partial charge on any atom is 0.119 e. The lowest BCUT2D eigenvalue weighted by Gasteiger charge is -2.10. The Morgan fingerprint density at radius 3 is 2.63 bits per heavy atom. The van der Waals surface area contributed by atoms with Crippen molar-refractivity contribution in [2.75, 3.05) is 18.6 Å². The molecule has 0 bridgehead atoms. The topological polar surface area (TPSA) is 53.5 Å². The zero-order valence-electron chi connectivity index (χ0n) is 10.7. The van der Waals surface area contributed by atoms with Crippen molar-refractivity contribution in [1.29, 1.82) is 0 Å². The summed E-state index contributed by atoms with van der Waals surface area (Å²) < 4.78 is 5.36. The minimum absolute atomic E-state index is 0.0258. The quantitative estimate of drug-likeness (QED) is 0.666. The van der Waals surface area contributed by atoms with Gasteiger partial charge in [0.25, 0.3) is 0 Å². The first-order valence-electron chi connectivity index (χ1n) is 6.25. The molecule has 0 spiro atoms. The van der Waals surface area contributed by atoms with E-state index in [-0.39, 0.29) is 6.61 Å². The van der Waals surface area contributed by atoms with Crippen LogP contribution in [0.15, 0.2) is 54.6 Å². The van der Waals surface area contributed by atoms with Crippen LogP contribution in [0.2, 0.25) is 0 Å². The molecule has 0 saturated carbocycles. The van der Waals surface area contributed by atoms with Gasteiger partial charge in [-0.3, -0.25) is 0 Å². The molecule has 2 aromatic carbocycles. The van der Waals surface area contributed by atoms with Crippen molar-refractivity contribution < 1.29 is 9.84 Å². The molecule has 0 unspecified atom stereocenters. The fraction of sp³-hybridized carbons (Fsp3) is 0.200. The lowest BCUT2D eigenvalue weighted by molar-refractivity contribution is 0.201. The second-order valence-electron chi connectivity index (χ2n) is 4.06. The molecule has 2 aromatic rings. The standard InChI is InChI=1S/C15H18N2O2/c18-9-10-19-15-8-4-5-13(11-15)12-16-17-14-6-2-1-3-7-14/h1-8,11,16-18H,9-10,12H2.